The summed E-state index contributed by atoms with van der Waals surface area (Å²) in [6, 6.07) is 6.25. The summed E-state index contributed by atoms with van der Waals surface area (Å²) in [5.41, 5.74) is 0.924. The molecule has 1 aromatic carbocycles. The third-order valence-electron chi connectivity index (χ3n) is 5.06. The number of hydrogen-bond acceptors (Lipinski definition) is 5. The van der Waals surface area contributed by atoms with Crippen LogP contribution in [0.3, 0.4) is 0 Å². The molecule has 1 saturated heterocycles. The van der Waals surface area contributed by atoms with E-state index in [0.717, 1.165) is 69.0 Å². The summed E-state index contributed by atoms with van der Waals surface area (Å²) < 4.78 is 11.0. The van der Waals surface area contributed by atoms with E-state index in [2.05, 4.69) is 41.2 Å². The number of guanidine groups is 1. The van der Waals surface area contributed by atoms with Crippen molar-refractivity contribution in [2.45, 2.75) is 33.7 Å². The summed E-state index contributed by atoms with van der Waals surface area (Å²) >= 11 is 0. The molecular formula is C21H37N5O2. The topological polar surface area (TPSA) is 61.4 Å². The maximum absolute atomic E-state index is 5.67. The van der Waals surface area contributed by atoms with Crippen molar-refractivity contribution < 1.29 is 9.47 Å². The van der Waals surface area contributed by atoms with E-state index in [1.807, 2.05) is 25.1 Å². The predicted octanol–water partition coefficient (Wildman–Crippen LogP) is 2.50. The quantitative estimate of drug-likeness (QED) is 0.498. The molecule has 0 amide bonds. The third kappa shape index (κ3) is 6.56. The molecule has 0 radical (unpaired) electrons. The minimum absolute atomic E-state index is 0.421. The number of ether oxygens (including phenoxy) is 2. The minimum atomic E-state index is 0.421. The van der Waals surface area contributed by atoms with E-state index in [1.165, 1.54) is 0 Å². The minimum Gasteiger partial charge on any atom is -0.493 e. The summed E-state index contributed by atoms with van der Waals surface area (Å²) in [5, 5.41) is 6.71. The summed E-state index contributed by atoms with van der Waals surface area (Å²) in [6.07, 6.45) is 0. The van der Waals surface area contributed by atoms with Crippen LogP contribution in [0.25, 0.3) is 0 Å². The Labute approximate surface area is 170 Å². The van der Waals surface area contributed by atoms with Gasteiger partial charge in [0.15, 0.2) is 17.5 Å². The van der Waals surface area contributed by atoms with Gasteiger partial charge in [-0.05, 0) is 39.4 Å². The molecule has 0 spiro atoms. The van der Waals surface area contributed by atoms with Crippen molar-refractivity contribution in [3.05, 3.63) is 18.2 Å². The van der Waals surface area contributed by atoms with Gasteiger partial charge >= 0.3 is 0 Å². The number of hydrogen-bond donors (Lipinski definition) is 2. The first-order valence-corrected chi connectivity index (χ1v) is 10.4. The monoisotopic (exact) mass is 391 g/mol. The van der Waals surface area contributed by atoms with Crippen LogP contribution in [0.15, 0.2) is 23.2 Å². The second kappa shape index (κ2) is 11.8. The molecule has 28 heavy (non-hydrogen) atoms. The van der Waals surface area contributed by atoms with Crippen LogP contribution in [0, 0.1) is 0 Å². The number of nitrogens with zero attached hydrogens (tertiary/aromatic N) is 3. The van der Waals surface area contributed by atoms with E-state index >= 15 is 0 Å². The van der Waals surface area contributed by atoms with Crippen LogP contribution in [0.1, 0.15) is 27.7 Å². The number of benzene rings is 1. The van der Waals surface area contributed by atoms with Gasteiger partial charge in [-0.25, -0.2) is 0 Å². The standard InChI is InChI=1S/C21H37N5O2/c1-6-22-21(23-16-17(4)26-13-11-25(7-2)12-14-26)24-18-9-10-19(27-5)20(15-18)28-8-3/h9-10,15,17H,6-8,11-14,16H2,1-5H3,(H2,22,23,24). The van der Waals surface area contributed by atoms with E-state index in [1.54, 1.807) is 7.11 Å². The largest absolute Gasteiger partial charge is 0.493 e. The van der Waals surface area contributed by atoms with Crippen LogP contribution in [0.4, 0.5) is 5.69 Å². The molecule has 1 unspecified atom stereocenters. The zero-order chi connectivity index (χ0) is 20.4. The smallest absolute Gasteiger partial charge is 0.195 e. The van der Waals surface area contributed by atoms with Crippen molar-refractivity contribution in [3.8, 4) is 11.5 Å². The predicted molar refractivity (Wildman–Crippen MR) is 117 cm³/mol. The van der Waals surface area contributed by atoms with Crippen molar-refractivity contribution >= 4 is 11.6 Å². The van der Waals surface area contributed by atoms with E-state index in [-0.39, 0.29) is 0 Å². The molecule has 0 aromatic heterocycles. The number of methoxy groups -OCH3 is 1. The van der Waals surface area contributed by atoms with Crippen molar-refractivity contribution in [1.82, 2.24) is 15.1 Å². The Kier molecular flexibility index (Phi) is 9.37. The average Bonchev–Trinajstić information content (AvgIpc) is 2.72. The van der Waals surface area contributed by atoms with E-state index in [9.17, 15) is 0 Å². The van der Waals surface area contributed by atoms with Crippen LogP contribution in [-0.2, 0) is 0 Å². The molecule has 1 aliphatic heterocycles. The van der Waals surface area contributed by atoms with Gasteiger partial charge in [0.25, 0.3) is 0 Å². The van der Waals surface area contributed by atoms with Crippen LogP contribution in [0.2, 0.25) is 0 Å². The number of piperazine rings is 1. The second-order valence-corrected chi connectivity index (χ2v) is 6.96. The maximum Gasteiger partial charge on any atom is 0.195 e. The fraction of sp³-hybridized carbons (Fsp3) is 0.667. The molecule has 0 aliphatic carbocycles. The molecule has 0 saturated carbocycles. The van der Waals surface area contributed by atoms with Gasteiger partial charge < -0.3 is 25.0 Å². The molecule has 7 nitrogen and oxygen atoms in total. The molecule has 1 aliphatic rings. The highest BCUT2D eigenvalue weighted by molar-refractivity contribution is 5.93. The highest BCUT2D eigenvalue weighted by Crippen LogP contribution is 2.30. The summed E-state index contributed by atoms with van der Waals surface area (Å²) in [4.78, 5) is 9.83. The Morgan fingerprint density at radius 1 is 1.14 bits per heavy atom. The Bertz CT molecular complexity index is 615. The van der Waals surface area contributed by atoms with Crippen LogP contribution in [-0.4, -0.2) is 81.3 Å². The first-order chi connectivity index (χ1) is 13.6. The Morgan fingerprint density at radius 3 is 2.50 bits per heavy atom. The Balaban J connectivity index is 1.99. The average molecular weight is 392 g/mol. The van der Waals surface area contributed by atoms with Crippen molar-refractivity contribution in [2.75, 3.05) is 64.8 Å². The Hall–Kier alpha value is -1.99. The molecule has 0 bridgehead atoms. The lowest BCUT2D eigenvalue weighted by Gasteiger charge is -2.37. The van der Waals surface area contributed by atoms with Gasteiger partial charge in [-0.15, -0.1) is 0 Å². The molecule has 1 atom stereocenters. The van der Waals surface area contributed by atoms with Gasteiger partial charge in [0.2, 0.25) is 0 Å². The van der Waals surface area contributed by atoms with Crippen molar-refractivity contribution in [3.63, 3.8) is 0 Å². The van der Waals surface area contributed by atoms with Gasteiger partial charge in [0.05, 0.1) is 20.3 Å². The molecular weight excluding hydrogens is 354 g/mol. The lowest BCUT2D eigenvalue weighted by Crippen LogP contribution is -2.50. The molecule has 7 heteroatoms. The SMILES string of the molecule is CCNC(=NCC(C)N1CCN(CC)CC1)Nc1ccc(OC)c(OCC)c1. The van der Waals surface area contributed by atoms with Crippen LogP contribution >= 0.6 is 0 Å². The summed E-state index contributed by atoms with van der Waals surface area (Å²) in [6.45, 7) is 16.4. The molecule has 2 N–H and O–H groups in total. The number of likely N-dealkylation sites (N-methyl/N-ethyl adjacent to an activating group) is 1. The summed E-state index contributed by atoms with van der Waals surface area (Å²) in [7, 11) is 1.65. The number of anilines is 1. The lowest BCUT2D eigenvalue weighted by molar-refractivity contribution is 0.109. The van der Waals surface area contributed by atoms with Crippen molar-refractivity contribution in [1.29, 1.82) is 0 Å². The van der Waals surface area contributed by atoms with Crippen LogP contribution < -0.4 is 20.1 Å². The van der Waals surface area contributed by atoms with Gasteiger partial charge in [-0.1, -0.05) is 6.92 Å². The first-order valence-electron chi connectivity index (χ1n) is 10.4. The zero-order valence-electron chi connectivity index (χ0n) is 18.1. The lowest BCUT2D eigenvalue weighted by atomic mass is 10.2. The van der Waals surface area contributed by atoms with Crippen molar-refractivity contribution in [2.24, 2.45) is 4.99 Å². The first kappa shape index (κ1) is 22.3. The van der Waals surface area contributed by atoms with E-state index in [4.69, 9.17) is 14.5 Å². The van der Waals surface area contributed by atoms with Gasteiger partial charge in [-0.2, -0.15) is 0 Å². The van der Waals surface area contributed by atoms with Gasteiger partial charge in [-0.3, -0.25) is 9.89 Å². The Morgan fingerprint density at radius 2 is 1.89 bits per heavy atom. The van der Waals surface area contributed by atoms with Crippen LogP contribution in [0.5, 0.6) is 11.5 Å². The van der Waals surface area contributed by atoms with Gasteiger partial charge in [0, 0.05) is 50.5 Å². The fourth-order valence-electron chi connectivity index (χ4n) is 3.33. The highest BCUT2D eigenvalue weighted by Gasteiger charge is 2.20. The number of rotatable bonds is 9. The number of aliphatic imine (C=N–C) groups is 1. The molecule has 158 valence electrons. The van der Waals surface area contributed by atoms with Gasteiger partial charge in [0.1, 0.15) is 0 Å². The van der Waals surface area contributed by atoms with E-state index < -0.39 is 0 Å². The summed E-state index contributed by atoms with van der Waals surface area (Å²) in [5.74, 6) is 2.25. The highest BCUT2D eigenvalue weighted by atomic mass is 16.5. The molecule has 1 aromatic rings. The molecule has 2 rings (SSSR count). The van der Waals surface area contributed by atoms with E-state index in [0.29, 0.717) is 12.6 Å². The fourth-order valence-corrected chi connectivity index (χ4v) is 3.33. The maximum atomic E-state index is 5.67. The molecule has 1 fully saturated rings. The molecule has 1 heterocycles. The zero-order valence-corrected chi connectivity index (χ0v) is 18.1. The normalized spacial score (nSPS) is 17.2. The second-order valence-electron chi connectivity index (χ2n) is 6.96. The number of nitrogens with one attached hydrogen (secondary N) is 2. The third-order valence-corrected chi connectivity index (χ3v) is 5.06.